The van der Waals surface area contributed by atoms with Gasteiger partial charge in [0.1, 0.15) is 0 Å². The predicted molar refractivity (Wildman–Crippen MR) is 109 cm³/mol. The molecule has 24 heavy (non-hydrogen) atoms. The minimum absolute atomic E-state index is 0.891. The standard InChI is InChI=1S/C16H32N6S2/c1-19-9-5-10-20(2)15(19)17-7-13-23-24-14-8-18-16-21(3)11-6-12-22(16)4/h5-14H2,1-4H3. The fourth-order valence-electron chi connectivity index (χ4n) is 3.04. The molecule has 0 saturated carbocycles. The summed E-state index contributed by atoms with van der Waals surface area (Å²) in [4.78, 5) is 18.5. The Labute approximate surface area is 155 Å². The minimum atomic E-state index is 0.891. The van der Waals surface area contributed by atoms with E-state index in [1.165, 1.54) is 12.8 Å². The average molecular weight is 373 g/mol. The number of aliphatic imine (C=N–C) groups is 2. The minimum Gasteiger partial charge on any atom is -0.346 e. The van der Waals surface area contributed by atoms with Crippen molar-refractivity contribution in [2.24, 2.45) is 9.98 Å². The van der Waals surface area contributed by atoms with E-state index >= 15 is 0 Å². The molecule has 0 aromatic rings. The van der Waals surface area contributed by atoms with E-state index in [4.69, 9.17) is 9.98 Å². The summed E-state index contributed by atoms with van der Waals surface area (Å²) in [5.74, 6) is 4.40. The molecule has 0 amide bonds. The van der Waals surface area contributed by atoms with Crippen LogP contribution in [0.4, 0.5) is 0 Å². The van der Waals surface area contributed by atoms with E-state index in [0.29, 0.717) is 0 Å². The monoisotopic (exact) mass is 372 g/mol. The molecular formula is C16H32N6S2. The van der Waals surface area contributed by atoms with Crippen molar-refractivity contribution >= 4 is 33.5 Å². The van der Waals surface area contributed by atoms with E-state index in [2.05, 4.69) is 47.8 Å². The molecule has 8 heteroatoms. The maximum Gasteiger partial charge on any atom is 0.196 e. The van der Waals surface area contributed by atoms with Crippen molar-refractivity contribution in [3.63, 3.8) is 0 Å². The largest absolute Gasteiger partial charge is 0.346 e. The van der Waals surface area contributed by atoms with Gasteiger partial charge in [-0.2, -0.15) is 0 Å². The first-order chi connectivity index (χ1) is 11.6. The Morgan fingerprint density at radius 2 is 1.00 bits per heavy atom. The molecule has 6 nitrogen and oxygen atoms in total. The number of guanidine groups is 2. The van der Waals surface area contributed by atoms with Gasteiger partial charge < -0.3 is 19.6 Å². The highest BCUT2D eigenvalue weighted by atomic mass is 33.1. The fraction of sp³-hybridized carbons (Fsp3) is 0.875. The second-order valence-corrected chi connectivity index (χ2v) is 9.10. The molecular weight excluding hydrogens is 340 g/mol. The van der Waals surface area contributed by atoms with Crippen LogP contribution in [0.25, 0.3) is 0 Å². The van der Waals surface area contributed by atoms with Crippen LogP contribution in [-0.2, 0) is 0 Å². The molecule has 0 atom stereocenters. The van der Waals surface area contributed by atoms with Gasteiger partial charge in [-0.25, -0.2) is 0 Å². The van der Waals surface area contributed by atoms with Crippen molar-refractivity contribution in [3.05, 3.63) is 0 Å². The Balaban J connectivity index is 1.58. The highest BCUT2D eigenvalue weighted by molar-refractivity contribution is 8.76. The first-order valence-corrected chi connectivity index (χ1v) is 11.3. The van der Waals surface area contributed by atoms with Crippen LogP contribution in [0.1, 0.15) is 12.8 Å². The van der Waals surface area contributed by atoms with Gasteiger partial charge in [-0.3, -0.25) is 9.98 Å². The molecule has 2 rings (SSSR count). The van der Waals surface area contributed by atoms with Crippen LogP contribution in [-0.4, -0.2) is 110 Å². The number of nitrogens with zero attached hydrogens (tertiary/aromatic N) is 6. The summed E-state index contributed by atoms with van der Waals surface area (Å²) < 4.78 is 0. The van der Waals surface area contributed by atoms with Gasteiger partial charge in [-0.1, -0.05) is 21.6 Å². The molecule has 0 aliphatic carbocycles. The molecule has 2 fully saturated rings. The van der Waals surface area contributed by atoms with E-state index in [0.717, 1.165) is 62.7 Å². The lowest BCUT2D eigenvalue weighted by molar-refractivity contribution is 0.317. The van der Waals surface area contributed by atoms with Crippen LogP contribution in [0.5, 0.6) is 0 Å². The molecule has 2 heterocycles. The third-order valence-electron chi connectivity index (χ3n) is 4.28. The third-order valence-corrected chi connectivity index (χ3v) is 6.64. The highest BCUT2D eigenvalue weighted by Crippen LogP contribution is 2.20. The Morgan fingerprint density at radius 3 is 1.33 bits per heavy atom. The van der Waals surface area contributed by atoms with Gasteiger partial charge in [0.2, 0.25) is 0 Å². The quantitative estimate of drug-likeness (QED) is 0.499. The Bertz CT molecular complexity index is 378. The third kappa shape index (κ3) is 5.95. The molecule has 0 N–H and O–H groups in total. The number of rotatable bonds is 7. The van der Waals surface area contributed by atoms with Gasteiger partial charge in [-0.15, -0.1) is 0 Å². The Hall–Kier alpha value is -0.760. The van der Waals surface area contributed by atoms with Crippen LogP contribution in [0, 0.1) is 0 Å². The molecule has 0 spiro atoms. The topological polar surface area (TPSA) is 37.7 Å². The molecule has 0 aromatic carbocycles. The zero-order valence-corrected chi connectivity index (χ0v) is 17.2. The molecule has 2 aliphatic rings. The SMILES string of the molecule is CN1CCCN(C)C1=NCCSSCCN=C1N(C)CCCN1C. The van der Waals surface area contributed by atoms with E-state index in [9.17, 15) is 0 Å². The van der Waals surface area contributed by atoms with Gasteiger partial charge >= 0.3 is 0 Å². The van der Waals surface area contributed by atoms with Gasteiger partial charge in [0.05, 0.1) is 13.1 Å². The summed E-state index contributed by atoms with van der Waals surface area (Å²) in [6, 6.07) is 0. The predicted octanol–water partition coefficient (Wildman–Crippen LogP) is 1.61. The van der Waals surface area contributed by atoms with E-state index in [1.54, 1.807) is 0 Å². The van der Waals surface area contributed by atoms with Gasteiger partial charge in [-0.05, 0) is 12.8 Å². The molecule has 0 unspecified atom stereocenters. The summed E-state index contributed by atoms with van der Waals surface area (Å²) in [6.45, 7) is 6.26. The lowest BCUT2D eigenvalue weighted by Gasteiger charge is -2.34. The van der Waals surface area contributed by atoms with Gasteiger partial charge in [0.25, 0.3) is 0 Å². The van der Waals surface area contributed by atoms with Crippen LogP contribution < -0.4 is 0 Å². The maximum absolute atomic E-state index is 4.75. The second-order valence-electron chi connectivity index (χ2n) is 6.40. The summed E-state index contributed by atoms with van der Waals surface area (Å²) >= 11 is 0. The number of hydrogen-bond acceptors (Lipinski definition) is 4. The zero-order valence-electron chi connectivity index (χ0n) is 15.6. The molecule has 2 saturated heterocycles. The molecule has 0 radical (unpaired) electrons. The lowest BCUT2D eigenvalue weighted by Crippen LogP contribution is -2.46. The summed E-state index contributed by atoms with van der Waals surface area (Å²) in [5, 5.41) is 0. The zero-order chi connectivity index (χ0) is 17.4. The number of hydrogen-bond donors (Lipinski definition) is 0. The Morgan fingerprint density at radius 1 is 0.667 bits per heavy atom. The fourth-order valence-corrected chi connectivity index (χ4v) is 4.76. The van der Waals surface area contributed by atoms with E-state index < -0.39 is 0 Å². The van der Waals surface area contributed by atoms with E-state index in [-0.39, 0.29) is 0 Å². The van der Waals surface area contributed by atoms with Crippen molar-refractivity contribution in [1.82, 2.24) is 19.6 Å². The van der Waals surface area contributed by atoms with Crippen molar-refractivity contribution in [2.75, 3.05) is 79.0 Å². The summed E-state index contributed by atoms with van der Waals surface area (Å²) in [6.07, 6.45) is 2.45. The highest BCUT2D eigenvalue weighted by Gasteiger charge is 2.17. The first-order valence-electron chi connectivity index (χ1n) is 8.77. The lowest BCUT2D eigenvalue weighted by atomic mass is 10.3. The summed E-state index contributed by atoms with van der Waals surface area (Å²) in [7, 11) is 12.4. The maximum atomic E-state index is 4.75. The second kappa shape index (κ2) is 10.3. The van der Waals surface area contributed by atoms with Gasteiger partial charge in [0.15, 0.2) is 11.9 Å². The first kappa shape index (κ1) is 19.6. The van der Waals surface area contributed by atoms with Crippen molar-refractivity contribution in [3.8, 4) is 0 Å². The van der Waals surface area contributed by atoms with Crippen molar-refractivity contribution in [2.45, 2.75) is 12.8 Å². The summed E-state index contributed by atoms with van der Waals surface area (Å²) in [5.41, 5.74) is 0. The normalized spacial score (nSPS) is 19.2. The van der Waals surface area contributed by atoms with Crippen LogP contribution in [0.2, 0.25) is 0 Å². The van der Waals surface area contributed by atoms with Crippen molar-refractivity contribution in [1.29, 1.82) is 0 Å². The van der Waals surface area contributed by atoms with Gasteiger partial charge in [0, 0.05) is 65.9 Å². The Kier molecular flexibility index (Phi) is 8.38. The van der Waals surface area contributed by atoms with Crippen molar-refractivity contribution < 1.29 is 0 Å². The molecule has 0 bridgehead atoms. The smallest absolute Gasteiger partial charge is 0.196 e. The molecule has 138 valence electrons. The van der Waals surface area contributed by atoms with Crippen LogP contribution in [0.3, 0.4) is 0 Å². The molecule has 2 aliphatic heterocycles. The molecule has 0 aromatic heterocycles. The average Bonchev–Trinajstić information content (AvgIpc) is 2.54. The van der Waals surface area contributed by atoms with Crippen LogP contribution in [0.15, 0.2) is 9.98 Å². The van der Waals surface area contributed by atoms with Crippen LogP contribution >= 0.6 is 21.6 Å². The van der Waals surface area contributed by atoms with E-state index in [1.807, 2.05) is 21.6 Å².